The first-order valence-corrected chi connectivity index (χ1v) is 15.1. The summed E-state index contributed by atoms with van der Waals surface area (Å²) in [5, 5.41) is 40.4. The van der Waals surface area contributed by atoms with Crippen LogP contribution in [0.5, 0.6) is 0 Å². The summed E-state index contributed by atoms with van der Waals surface area (Å²) in [6.07, 6.45) is 1.78. The van der Waals surface area contributed by atoms with Gasteiger partial charge in [-0.2, -0.15) is 0 Å². The molecule has 0 fully saturated rings. The molecule has 0 amide bonds. The topological polar surface area (TPSA) is 159 Å². The van der Waals surface area contributed by atoms with Crippen molar-refractivity contribution in [3.63, 3.8) is 0 Å². The highest BCUT2D eigenvalue weighted by Crippen LogP contribution is 2.29. The van der Waals surface area contributed by atoms with E-state index in [-0.39, 0.29) is 17.3 Å². The van der Waals surface area contributed by atoms with Crippen molar-refractivity contribution in [2.24, 2.45) is 0 Å². The third-order valence-electron chi connectivity index (χ3n) is 6.57. The molecule has 0 bridgehead atoms. The molecule has 0 unspecified atom stereocenters. The summed E-state index contributed by atoms with van der Waals surface area (Å²) in [7, 11) is 0. The van der Waals surface area contributed by atoms with Crippen LogP contribution in [0, 0.1) is 0 Å². The van der Waals surface area contributed by atoms with Crippen LogP contribution in [0.3, 0.4) is 0 Å². The number of benzene rings is 2. The Morgan fingerprint density at radius 1 is 0.714 bits per heavy atom. The largest absolute Gasteiger partial charge is 0.332 e. The quantitative estimate of drug-likeness (QED) is 0.154. The van der Waals surface area contributed by atoms with Crippen molar-refractivity contribution in [3.8, 4) is 0 Å². The van der Waals surface area contributed by atoms with Gasteiger partial charge in [-0.3, -0.25) is 0 Å². The molecule has 0 saturated carbocycles. The number of anilines is 4. The van der Waals surface area contributed by atoms with E-state index in [0.29, 0.717) is 0 Å². The normalized spacial score (nSPS) is 12.7. The number of rotatable bonds is 8. The molecule has 216 valence electrons. The van der Waals surface area contributed by atoms with Crippen molar-refractivity contribution >= 4 is 44.3 Å². The summed E-state index contributed by atoms with van der Waals surface area (Å²) in [6, 6.07) is 16.4. The second kappa shape index (κ2) is 13.0. The molecule has 6 aromatic rings. The van der Waals surface area contributed by atoms with Crippen molar-refractivity contribution in [1.29, 1.82) is 0 Å². The number of nitrogens with one attached hydrogen (secondary N) is 4. The van der Waals surface area contributed by atoms with Gasteiger partial charge in [-0.1, -0.05) is 58.9 Å². The van der Waals surface area contributed by atoms with Crippen LogP contribution >= 0.6 is 22.7 Å². The van der Waals surface area contributed by atoms with E-state index in [0.717, 1.165) is 50.1 Å². The molecule has 0 aliphatic carbocycles. The molecule has 6 rings (SSSR count). The zero-order valence-corrected chi connectivity index (χ0v) is 25.5. The van der Waals surface area contributed by atoms with Gasteiger partial charge in [0.05, 0.1) is 5.69 Å². The number of nitrogens with zero attached hydrogens (tertiary/aromatic N) is 8. The number of H-pyrrole nitrogens is 2. The van der Waals surface area contributed by atoms with Gasteiger partial charge in [-0.15, -0.1) is 32.9 Å². The summed E-state index contributed by atoms with van der Waals surface area (Å²) in [6.45, 7) is 10.6. The maximum atomic E-state index is 4.65. The average molecular weight is 601 g/mol. The predicted octanol–water partition coefficient (Wildman–Crippen LogP) is 6.40. The van der Waals surface area contributed by atoms with E-state index in [1.807, 2.05) is 29.6 Å². The Hall–Kier alpha value is -4.56. The first-order valence-electron chi connectivity index (χ1n) is 13.3. The van der Waals surface area contributed by atoms with Gasteiger partial charge >= 0.3 is 0 Å². The highest BCUT2D eigenvalue weighted by Gasteiger charge is 2.18. The molecule has 14 heteroatoms. The molecule has 4 aromatic heterocycles. The van der Waals surface area contributed by atoms with Crippen LogP contribution in [0.1, 0.15) is 74.9 Å². The predicted molar refractivity (Wildman–Crippen MR) is 166 cm³/mol. The lowest BCUT2D eigenvalue weighted by atomic mass is 9.93. The highest BCUT2D eigenvalue weighted by molar-refractivity contribution is 7.14. The molecule has 0 aliphatic heterocycles. The third kappa shape index (κ3) is 7.39. The van der Waals surface area contributed by atoms with Crippen molar-refractivity contribution in [2.45, 2.75) is 51.9 Å². The van der Waals surface area contributed by atoms with Crippen molar-refractivity contribution in [3.05, 3.63) is 94.0 Å². The first kappa shape index (κ1) is 29.0. The highest BCUT2D eigenvalue weighted by atomic mass is 32.1. The third-order valence-corrected chi connectivity index (χ3v) is 8.02. The minimum Gasteiger partial charge on any atom is -0.332 e. The Kier molecular flexibility index (Phi) is 8.93. The number of thiazole rings is 2. The fourth-order valence-electron chi connectivity index (χ4n) is 3.93. The summed E-state index contributed by atoms with van der Waals surface area (Å²) in [5.41, 5.74) is 5.52. The van der Waals surface area contributed by atoms with Crippen LogP contribution in [0.25, 0.3) is 0 Å². The molecule has 42 heavy (non-hydrogen) atoms. The van der Waals surface area contributed by atoms with Gasteiger partial charge < -0.3 is 10.6 Å². The van der Waals surface area contributed by atoms with E-state index in [1.54, 1.807) is 28.9 Å². The van der Waals surface area contributed by atoms with Crippen molar-refractivity contribution < 1.29 is 0 Å². The monoisotopic (exact) mass is 600 g/mol. The summed E-state index contributed by atoms with van der Waals surface area (Å²) < 4.78 is 0. The maximum absolute atomic E-state index is 4.65. The summed E-state index contributed by atoms with van der Waals surface area (Å²) >= 11 is 3.20. The number of aromatic amines is 2. The van der Waals surface area contributed by atoms with Gasteiger partial charge in [0.15, 0.2) is 21.9 Å². The van der Waals surface area contributed by atoms with E-state index < -0.39 is 0 Å². The average Bonchev–Trinajstić information content (AvgIpc) is 3.82. The van der Waals surface area contributed by atoms with E-state index >= 15 is 0 Å². The molecule has 0 aliphatic rings. The number of aromatic nitrogens is 10. The van der Waals surface area contributed by atoms with Crippen LogP contribution in [-0.2, 0) is 5.41 Å². The standard InChI is InChI=1S/C16H20N6S.C12H12N6S/c1-10(14-19-21-22-20-14)11-5-7-12(8-6-11)17-15-18-13(9-23-15)16(2,3)4;1-8(11-15-17-18-16-11)9-2-4-10(5-3-9)14-12-13-6-7-19-12/h5-10H,1-4H3,(H,17,18)(H,19,20,21,22);2-8H,1H3,(H,13,14)(H,15,16,17,18)/t10-;8-/m11/s1. The van der Waals surface area contributed by atoms with E-state index in [9.17, 15) is 0 Å². The molecule has 12 nitrogen and oxygen atoms in total. The van der Waals surface area contributed by atoms with Crippen molar-refractivity contribution in [2.75, 3.05) is 10.6 Å². The van der Waals surface area contributed by atoms with Gasteiger partial charge in [0.25, 0.3) is 0 Å². The minimum absolute atomic E-state index is 0.0703. The Balaban J connectivity index is 0.000000171. The SMILES string of the molecule is C[C@H](c1ccc(Nc2nc(C(C)(C)C)cs2)cc1)c1nnn[nH]1.C[C@H](c1ccc(Nc2nccs2)cc1)c1nnn[nH]1. The first-order chi connectivity index (χ1) is 20.3. The van der Waals surface area contributed by atoms with Crippen LogP contribution in [0.2, 0.25) is 0 Å². The van der Waals surface area contributed by atoms with Crippen molar-refractivity contribution in [1.82, 2.24) is 51.2 Å². The van der Waals surface area contributed by atoms with E-state index in [1.165, 1.54) is 0 Å². The molecular weight excluding hydrogens is 569 g/mol. The molecular formula is C28H32N12S2. The van der Waals surface area contributed by atoms with Crippen LogP contribution in [-0.4, -0.2) is 51.2 Å². The molecule has 2 aromatic carbocycles. The number of hydrogen-bond donors (Lipinski definition) is 4. The zero-order chi connectivity index (χ0) is 29.5. The lowest BCUT2D eigenvalue weighted by Gasteiger charge is -2.14. The van der Waals surface area contributed by atoms with Gasteiger partial charge in [0, 0.05) is 45.6 Å². The zero-order valence-electron chi connectivity index (χ0n) is 23.9. The molecule has 2 atom stereocenters. The van der Waals surface area contributed by atoms with E-state index in [4.69, 9.17) is 0 Å². The van der Waals surface area contributed by atoms with Gasteiger partial charge in [-0.05, 0) is 56.2 Å². The Bertz CT molecular complexity index is 1620. The van der Waals surface area contributed by atoms with Crippen LogP contribution in [0.4, 0.5) is 21.6 Å². The Labute approximate surface area is 251 Å². The van der Waals surface area contributed by atoms with Gasteiger partial charge in [-0.25, -0.2) is 20.2 Å². The van der Waals surface area contributed by atoms with Gasteiger partial charge in [0.1, 0.15) is 0 Å². The number of tetrazole rings is 2. The molecule has 4 heterocycles. The lowest BCUT2D eigenvalue weighted by molar-refractivity contribution is 0.573. The molecule has 4 N–H and O–H groups in total. The summed E-state index contributed by atoms with van der Waals surface area (Å²) in [5.74, 6) is 1.80. The fraction of sp³-hybridized carbons (Fsp3) is 0.286. The Morgan fingerprint density at radius 2 is 1.24 bits per heavy atom. The van der Waals surface area contributed by atoms with Gasteiger partial charge in [0.2, 0.25) is 0 Å². The maximum Gasteiger partial charge on any atom is 0.187 e. The Morgan fingerprint density at radius 3 is 1.64 bits per heavy atom. The fourth-order valence-corrected chi connectivity index (χ4v) is 5.44. The molecule has 0 saturated heterocycles. The number of hydrogen-bond acceptors (Lipinski definition) is 12. The second-order valence-corrected chi connectivity index (χ2v) is 12.4. The van der Waals surface area contributed by atoms with Crippen LogP contribution in [0.15, 0.2) is 65.5 Å². The lowest BCUT2D eigenvalue weighted by Crippen LogP contribution is -2.11. The smallest absolute Gasteiger partial charge is 0.187 e. The molecule has 0 radical (unpaired) electrons. The minimum atomic E-state index is 0.0703. The molecule has 0 spiro atoms. The van der Waals surface area contributed by atoms with E-state index in [2.05, 4.69) is 126 Å². The second-order valence-electron chi connectivity index (χ2n) is 10.6. The van der Waals surface area contributed by atoms with Crippen LogP contribution < -0.4 is 10.6 Å². The summed E-state index contributed by atoms with van der Waals surface area (Å²) in [4.78, 5) is 8.84.